The Morgan fingerprint density at radius 3 is 2.68 bits per heavy atom. The number of carbonyl (C=O) groups is 2. The Hall–Kier alpha value is -1.66. The van der Waals surface area contributed by atoms with Gasteiger partial charge in [0.15, 0.2) is 6.61 Å². The van der Waals surface area contributed by atoms with E-state index in [1.54, 1.807) is 4.90 Å². The Morgan fingerprint density at radius 2 is 2.00 bits per heavy atom. The van der Waals surface area contributed by atoms with E-state index >= 15 is 0 Å². The van der Waals surface area contributed by atoms with Crippen LogP contribution in [0.5, 0.6) is 0 Å². The van der Waals surface area contributed by atoms with Gasteiger partial charge in [-0.2, -0.15) is 0 Å². The average molecular weight is 384 g/mol. The highest BCUT2D eigenvalue weighted by Gasteiger charge is 2.27. The molecule has 25 heavy (non-hydrogen) atoms. The number of esters is 1. The minimum atomic E-state index is -0.655. The Morgan fingerprint density at radius 1 is 1.32 bits per heavy atom. The van der Waals surface area contributed by atoms with Gasteiger partial charge < -0.3 is 9.64 Å². The largest absolute Gasteiger partial charge is 0.451 e. The van der Waals surface area contributed by atoms with Gasteiger partial charge in [0.1, 0.15) is 10.7 Å². The van der Waals surface area contributed by atoms with Crippen LogP contribution < -0.4 is 0 Å². The van der Waals surface area contributed by atoms with Crippen molar-refractivity contribution in [3.05, 3.63) is 33.9 Å². The maximum absolute atomic E-state index is 13.3. The lowest BCUT2D eigenvalue weighted by atomic mass is 9.92. The van der Waals surface area contributed by atoms with Gasteiger partial charge >= 0.3 is 5.97 Å². The van der Waals surface area contributed by atoms with Crippen LogP contribution in [0.4, 0.5) is 4.39 Å². The fourth-order valence-electron chi connectivity index (χ4n) is 3.32. The van der Waals surface area contributed by atoms with Crippen LogP contribution in [0, 0.1) is 17.7 Å². The third-order valence-corrected chi connectivity index (χ3v) is 5.96. The molecule has 2 heterocycles. The zero-order valence-corrected chi connectivity index (χ0v) is 15.6. The van der Waals surface area contributed by atoms with Gasteiger partial charge in [0.05, 0.1) is 5.02 Å². The van der Waals surface area contributed by atoms with Crippen molar-refractivity contribution in [3.63, 3.8) is 0 Å². The number of likely N-dealkylation sites (tertiary alicyclic amines) is 1. The van der Waals surface area contributed by atoms with Crippen molar-refractivity contribution >= 4 is 44.9 Å². The topological polar surface area (TPSA) is 46.6 Å². The van der Waals surface area contributed by atoms with Crippen LogP contribution in [0.15, 0.2) is 18.2 Å². The summed E-state index contributed by atoms with van der Waals surface area (Å²) in [6, 6.07) is 4.14. The Balaban J connectivity index is 1.66. The number of piperidine rings is 1. The molecule has 1 fully saturated rings. The number of fused-ring (bicyclic) bond motifs is 1. The summed E-state index contributed by atoms with van der Waals surface area (Å²) in [4.78, 5) is 26.5. The number of benzene rings is 1. The van der Waals surface area contributed by atoms with Crippen molar-refractivity contribution in [2.45, 2.75) is 20.3 Å². The number of nitrogens with zero attached hydrogens (tertiary/aromatic N) is 1. The van der Waals surface area contributed by atoms with E-state index in [2.05, 4.69) is 13.8 Å². The fraction of sp³-hybridized carbons (Fsp3) is 0.444. The molecule has 1 aromatic heterocycles. The lowest BCUT2D eigenvalue weighted by molar-refractivity contribution is -0.137. The molecule has 0 saturated carbocycles. The number of hydrogen-bond donors (Lipinski definition) is 0. The Labute approximate surface area is 154 Å². The first kappa shape index (κ1) is 18.1. The summed E-state index contributed by atoms with van der Waals surface area (Å²) in [6.45, 7) is 5.28. The van der Waals surface area contributed by atoms with Crippen LogP contribution in [0.1, 0.15) is 29.9 Å². The molecule has 1 aliphatic heterocycles. The first-order chi connectivity index (χ1) is 11.8. The zero-order chi connectivity index (χ0) is 18.1. The molecular weight excluding hydrogens is 365 g/mol. The maximum atomic E-state index is 13.3. The number of carbonyl (C=O) groups excluding carboxylic acids is 2. The second-order valence-corrected chi connectivity index (χ2v) is 8.14. The van der Waals surface area contributed by atoms with E-state index in [0.29, 0.717) is 35.0 Å². The van der Waals surface area contributed by atoms with Crippen LogP contribution in [0.2, 0.25) is 5.02 Å². The average Bonchev–Trinajstić information content (AvgIpc) is 2.87. The fourth-order valence-corrected chi connectivity index (χ4v) is 4.75. The minimum Gasteiger partial charge on any atom is -0.451 e. The third kappa shape index (κ3) is 3.96. The molecule has 0 aliphatic carbocycles. The van der Waals surface area contributed by atoms with Crippen molar-refractivity contribution in [2.24, 2.45) is 11.8 Å². The van der Waals surface area contributed by atoms with Gasteiger partial charge in [-0.05, 0) is 36.5 Å². The van der Waals surface area contributed by atoms with Crippen molar-refractivity contribution in [3.8, 4) is 0 Å². The number of hydrogen-bond acceptors (Lipinski definition) is 4. The lowest BCUT2D eigenvalue weighted by Crippen LogP contribution is -2.44. The van der Waals surface area contributed by atoms with Crippen LogP contribution in [0.25, 0.3) is 10.1 Å². The van der Waals surface area contributed by atoms with E-state index in [1.165, 1.54) is 18.2 Å². The second kappa shape index (κ2) is 7.30. The van der Waals surface area contributed by atoms with E-state index in [9.17, 15) is 14.0 Å². The van der Waals surface area contributed by atoms with Crippen LogP contribution in [0.3, 0.4) is 0 Å². The highest BCUT2D eigenvalue weighted by molar-refractivity contribution is 7.21. The zero-order valence-electron chi connectivity index (χ0n) is 14.1. The number of amides is 1. The molecule has 0 bridgehead atoms. The molecule has 0 spiro atoms. The van der Waals surface area contributed by atoms with Crippen LogP contribution in [-0.4, -0.2) is 36.5 Å². The van der Waals surface area contributed by atoms with Gasteiger partial charge in [-0.15, -0.1) is 11.3 Å². The van der Waals surface area contributed by atoms with Crippen molar-refractivity contribution < 1.29 is 18.7 Å². The summed E-state index contributed by atoms with van der Waals surface area (Å²) in [5.74, 6) is -0.368. The predicted octanol–water partition coefficient (Wildman–Crippen LogP) is 4.36. The van der Waals surface area contributed by atoms with Crippen molar-refractivity contribution in [2.75, 3.05) is 19.7 Å². The second-order valence-electron chi connectivity index (χ2n) is 6.71. The maximum Gasteiger partial charge on any atom is 0.350 e. The quantitative estimate of drug-likeness (QED) is 0.740. The summed E-state index contributed by atoms with van der Waals surface area (Å²) in [5.41, 5.74) is 0. The molecule has 4 nitrogen and oxygen atoms in total. The monoisotopic (exact) mass is 383 g/mol. The van der Waals surface area contributed by atoms with Crippen LogP contribution in [-0.2, 0) is 9.53 Å². The molecule has 1 aromatic carbocycles. The van der Waals surface area contributed by atoms with Crippen molar-refractivity contribution in [1.29, 1.82) is 0 Å². The van der Waals surface area contributed by atoms with E-state index < -0.39 is 11.8 Å². The van der Waals surface area contributed by atoms with Gasteiger partial charge in [-0.3, -0.25) is 4.79 Å². The summed E-state index contributed by atoms with van der Waals surface area (Å²) in [6.07, 6.45) is 1.09. The van der Waals surface area contributed by atoms with E-state index in [-0.39, 0.29) is 22.4 Å². The number of halogens is 2. The molecule has 0 N–H and O–H groups in total. The van der Waals surface area contributed by atoms with Gasteiger partial charge in [-0.1, -0.05) is 25.4 Å². The summed E-state index contributed by atoms with van der Waals surface area (Å²) in [5, 5.41) is 0.836. The molecule has 134 valence electrons. The van der Waals surface area contributed by atoms with Crippen LogP contribution >= 0.6 is 22.9 Å². The summed E-state index contributed by atoms with van der Waals surface area (Å²) >= 11 is 7.26. The van der Waals surface area contributed by atoms with Crippen molar-refractivity contribution in [1.82, 2.24) is 4.90 Å². The molecule has 2 atom stereocenters. The van der Waals surface area contributed by atoms with Gasteiger partial charge in [0, 0.05) is 23.2 Å². The molecule has 1 saturated heterocycles. The molecule has 7 heteroatoms. The standard InChI is InChI=1S/C18H19ClFNO3S/c1-10-5-11(2)8-21(7-10)15(22)9-24-18(23)17-16(19)13-4-3-12(20)6-14(13)25-17/h3-4,6,10-11H,5,7-9H2,1-2H3/t10-,11+. The van der Waals surface area contributed by atoms with Gasteiger partial charge in [-0.25, -0.2) is 9.18 Å². The van der Waals surface area contributed by atoms with E-state index in [1.807, 2.05) is 0 Å². The Bertz CT molecular complexity index is 812. The third-order valence-electron chi connectivity index (χ3n) is 4.33. The Kier molecular flexibility index (Phi) is 5.29. The SMILES string of the molecule is C[C@@H]1C[C@H](C)CN(C(=O)COC(=O)c2sc3cc(F)ccc3c2Cl)C1. The number of rotatable bonds is 3. The molecule has 3 rings (SSSR count). The molecule has 1 aliphatic rings. The molecular formula is C18H19ClFNO3S. The smallest absolute Gasteiger partial charge is 0.350 e. The minimum absolute atomic E-state index is 0.190. The van der Waals surface area contributed by atoms with E-state index in [4.69, 9.17) is 16.3 Å². The number of ether oxygens (including phenoxy) is 1. The summed E-state index contributed by atoms with van der Waals surface area (Å²) in [7, 11) is 0. The van der Waals surface area contributed by atoms with E-state index in [0.717, 1.165) is 17.8 Å². The first-order valence-corrected chi connectivity index (χ1v) is 9.37. The first-order valence-electron chi connectivity index (χ1n) is 8.17. The molecule has 0 unspecified atom stereocenters. The highest BCUT2D eigenvalue weighted by Crippen LogP contribution is 2.36. The van der Waals surface area contributed by atoms with Gasteiger partial charge in [0.2, 0.25) is 0 Å². The molecule has 0 radical (unpaired) electrons. The normalized spacial score (nSPS) is 20.7. The number of thiophene rings is 1. The lowest BCUT2D eigenvalue weighted by Gasteiger charge is -2.34. The molecule has 1 amide bonds. The summed E-state index contributed by atoms with van der Waals surface area (Å²) < 4.78 is 19.0. The molecule has 2 aromatic rings. The van der Waals surface area contributed by atoms with Gasteiger partial charge in [0.25, 0.3) is 5.91 Å². The predicted molar refractivity (Wildman–Crippen MR) is 96.6 cm³/mol. The highest BCUT2D eigenvalue weighted by atomic mass is 35.5.